The van der Waals surface area contributed by atoms with Gasteiger partial charge in [0.2, 0.25) is 0 Å². The lowest BCUT2D eigenvalue weighted by Crippen LogP contribution is -2.12. The first-order valence-corrected chi connectivity index (χ1v) is 7.76. The van der Waals surface area contributed by atoms with E-state index in [9.17, 15) is 9.59 Å². The van der Waals surface area contributed by atoms with Crippen molar-refractivity contribution in [3.05, 3.63) is 45.3 Å². The third kappa shape index (κ3) is 3.40. The largest absolute Gasteiger partial charge is 0.462 e. The van der Waals surface area contributed by atoms with Gasteiger partial charge in [0.05, 0.1) is 17.0 Å². The molecule has 2 aromatic rings. The Bertz CT molecular complexity index is 710. The first-order valence-electron chi connectivity index (χ1n) is 6.57. The van der Waals surface area contributed by atoms with Gasteiger partial charge in [0.25, 0.3) is 5.91 Å². The summed E-state index contributed by atoms with van der Waals surface area (Å²) >= 11 is 6.87. The van der Waals surface area contributed by atoms with Gasteiger partial charge in [-0.25, -0.2) is 4.79 Å². The van der Waals surface area contributed by atoms with Gasteiger partial charge < -0.3 is 15.8 Å². The molecule has 1 amide bonds. The van der Waals surface area contributed by atoms with Crippen molar-refractivity contribution < 1.29 is 14.3 Å². The zero-order chi connectivity index (χ0) is 16.3. The zero-order valence-corrected chi connectivity index (χ0v) is 13.7. The summed E-state index contributed by atoms with van der Waals surface area (Å²) < 4.78 is 4.96. The van der Waals surface area contributed by atoms with Crippen molar-refractivity contribution in [3.8, 4) is 0 Å². The van der Waals surface area contributed by atoms with Crippen LogP contribution in [0.1, 0.15) is 32.5 Å². The van der Waals surface area contributed by atoms with Crippen molar-refractivity contribution >= 4 is 45.5 Å². The summed E-state index contributed by atoms with van der Waals surface area (Å²) in [5.74, 6) is -0.841. The Morgan fingerprint density at radius 1 is 1.32 bits per heavy atom. The number of ether oxygens (including phenoxy) is 1. The minimum absolute atomic E-state index is 0.250. The molecule has 1 aromatic heterocycles. The van der Waals surface area contributed by atoms with Crippen LogP contribution < -0.4 is 11.1 Å². The molecule has 0 saturated carbocycles. The summed E-state index contributed by atoms with van der Waals surface area (Å²) in [7, 11) is 0. The average molecular weight is 339 g/mol. The number of benzene rings is 1. The van der Waals surface area contributed by atoms with E-state index in [1.807, 2.05) is 0 Å². The van der Waals surface area contributed by atoms with E-state index in [0.29, 0.717) is 21.2 Å². The van der Waals surface area contributed by atoms with Crippen LogP contribution in [0.5, 0.6) is 0 Å². The van der Waals surface area contributed by atoms with Gasteiger partial charge in [-0.2, -0.15) is 0 Å². The Balaban J connectivity index is 2.25. The second kappa shape index (κ2) is 6.81. The van der Waals surface area contributed by atoms with E-state index in [4.69, 9.17) is 22.1 Å². The Hall–Kier alpha value is -2.05. The van der Waals surface area contributed by atoms with Crippen LogP contribution in [0.25, 0.3) is 0 Å². The monoisotopic (exact) mass is 338 g/mol. The molecule has 0 atom stereocenters. The topological polar surface area (TPSA) is 81.4 Å². The summed E-state index contributed by atoms with van der Waals surface area (Å²) in [6, 6.07) is 6.74. The van der Waals surface area contributed by atoms with Crippen LogP contribution in [0.3, 0.4) is 0 Å². The quantitative estimate of drug-likeness (QED) is 0.832. The molecule has 22 heavy (non-hydrogen) atoms. The molecule has 0 saturated heterocycles. The molecule has 0 aliphatic heterocycles. The number of amides is 1. The lowest BCUT2D eigenvalue weighted by molar-refractivity contribution is 0.0527. The highest BCUT2D eigenvalue weighted by Gasteiger charge is 2.24. The molecule has 7 heteroatoms. The van der Waals surface area contributed by atoms with E-state index in [-0.39, 0.29) is 23.1 Å². The molecule has 0 spiro atoms. The second-order valence-electron chi connectivity index (χ2n) is 4.48. The normalized spacial score (nSPS) is 10.3. The smallest absolute Gasteiger partial charge is 0.341 e. The number of carbonyl (C=O) groups is 2. The van der Waals surface area contributed by atoms with Crippen LogP contribution >= 0.6 is 22.9 Å². The summed E-state index contributed by atoms with van der Waals surface area (Å²) in [4.78, 5) is 24.6. The first kappa shape index (κ1) is 16.3. The van der Waals surface area contributed by atoms with Gasteiger partial charge in [0.15, 0.2) is 0 Å². The summed E-state index contributed by atoms with van der Waals surface area (Å²) in [6.07, 6.45) is 0. The first-order chi connectivity index (χ1) is 10.4. The predicted octanol–water partition coefficient (Wildman–Crippen LogP) is 3.72. The number of carbonyl (C=O) groups excluding carboxylic acids is 2. The standard InChI is InChI=1S/C15H15ClN2O3S/c1-3-21-15(20)11-8(2)12(22-13(11)17)14(19)18-10-6-4-9(16)5-7-10/h4-7H,3,17H2,1-2H3,(H,18,19). The van der Waals surface area contributed by atoms with Crippen LogP contribution in [0.4, 0.5) is 10.7 Å². The van der Waals surface area contributed by atoms with Gasteiger partial charge >= 0.3 is 5.97 Å². The summed E-state index contributed by atoms with van der Waals surface area (Å²) in [6.45, 7) is 3.64. The van der Waals surface area contributed by atoms with Crippen molar-refractivity contribution in [2.75, 3.05) is 17.7 Å². The lowest BCUT2D eigenvalue weighted by atomic mass is 10.1. The molecule has 116 valence electrons. The van der Waals surface area contributed by atoms with E-state index < -0.39 is 5.97 Å². The molecule has 1 heterocycles. The van der Waals surface area contributed by atoms with E-state index in [1.54, 1.807) is 38.1 Å². The molecule has 0 fully saturated rings. The number of halogens is 1. The van der Waals surface area contributed by atoms with Crippen LogP contribution in [0.15, 0.2) is 24.3 Å². The van der Waals surface area contributed by atoms with Gasteiger partial charge in [0, 0.05) is 10.7 Å². The Morgan fingerprint density at radius 3 is 2.55 bits per heavy atom. The number of hydrogen-bond acceptors (Lipinski definition) is 5. The fourth-order valence-corrected chi connectivity index (χ4v) is 3.01. The minimum atomic E-state index is -0.515. The molecular weight excluding hydrogens is 324 g/mol. The van der Waals surface area contributed by atoms with Gasteiger partial charge in [-0.05, 0) is 43.7 Å². The van der Waals surface area contributed by atoms with Crippen molar-refractivity contribution in [2.45, 2.75) is 13.8 Å². The lowest BCUT2D eigenvalue weighted by Gasteiger charge is -2.05. The number of thiophene rings is 1. The van der Waals surface area contributed by atoms with Crippen molar-refractivity contribution in [3.63, 3.8) is 0 Å². The number of esters is 1. The van der Waals surface area contributed by atoms with Gasteiger partial charge in [0.1, 0.15) is 5.00 Å². The number of nitrogens with two attached hydrogens (primary N) is 1. The Labute approximate surface area is 137 Å². The molecule has 0 aliphatic carbocycles. The number of rotatable bonds is 4. The van der Waals surface area contributed by atoms with E-state index in [0.717, 1.165) is 11.3 Å². The Kier molecular flexibility index (Phi) is 5.05. The van der Waals surface area contributed by atoms with Crippen molar-refractivity contribution in [1.29, 1.82) is 0 Å². The molecular formula is C15H15ClN2O3S. The zero-order valence-electron chi connectivity index (χ0n) is 12.1. The SMILES string of the molecule is CCOC(=O)c1c(N)sc(C(=O)Nc2ccc(Cl)cc2)c1C. The fraction of sp³-hybridized carbons (Fsp3) is 0.200. The maximum atomic E-state index is 12.3. The number of nitrogen functional groups attached to an aromatic ring is 1. The average Bonchev–Trinajstić information content (AvgIpc) is 2.77. The number of nitrogens with one attached hydrogen (secondary N) is 1. The molecule has 0 radical (unpaired) electrons. The molecule has 1 aromatic carbocycles. The van der Waals surface area contributed by atoms with E-state index >= 15 is 0 Å². The minimum Gasteiger partial charge on any atom is -0.462 e. The highest BCUT2D eigenvalue weighted by molar-refractivity contribution is 7.18. The van der Waals surface area contributed by atoms with Crippen LogP contribution in [-0.4, -0.2) is 18.5 Å². The van der Waals surface area contributed by atoms with Crippen molar-refractivity contribution in [2.24, 2.45) is 0 Å². The fourth-order valence-electron chi connectivity index (χ4n) is 1.93. The molecule has 0 aliphatic rings. The molecule has 0 unspecified atom stereocenters. The van der Waals surface area contributed by atoms with Crippen LogP contribution in [0.2, 0.25) is 5.02 Å². The molecule has 5 nitrogen and oxygen atoms in total. The van der Waals surface area contributed by atoms with Gasteiger partial charge in [-0.1, -0.05) is 11.6 Å². The predicted molar refractivity (Wildman–Crippen MR) is 88.8 cm³/mol. The van der Waals surface area contributed by atoms with Gasteiger partial charge in [-0.15, -0.1) is 11.3 Å². The molecule has 2 rings (SSSR count). The summed E-state index contributed by atoms with van der Waals surface area (Å²) in [5, 5.41) is 3.60. The maximum Gasteiger partial charge on any atom is 0.341 e. The third-order valence-electron chi connectivity index (χ3n) is 2.96. The highest BCUT2D eigenvalue weighted by Crippen LogP contribution is 2.31. The molecule has 0 bridgehead atoms. The van der Waals surface area contributed by atoms with E-state index in [1.165, 1.54) is 0 Å². The second-order valence-corrected chi connectivity index (χ2v) is 5.97. The van der Waals surface area contributed by atoms with E-state index in [2.05, 4.69) is 5.32 Å². The maximum absolute atomic E-state index is 12.3. The van der Waals surface area contributed by atoms with Crippen molar-refractivity contribution in [1.82, 2.24) is 0 Å². The third-order valence-corrected chi connectivity index (χ3v) is 4.33. The van der Waals surface area contributed by atoms with Crippen LogP contribution in [-0.2, 0) is 4.74 Å². The Morgan fingerprint density at radius 2 is 1.95 bits per heavy atom. The highest BCUT2D eigenvalue weighted by atomic mass is 35.5. The van der Waals surface area contributed by atoms with Crippen LogP contribution in [0, 0.1) is 6.92 Å². The molecule has 3 N–H and O–H groups in total. The van der Waals surface area contributed by atoms with Gasteiger partial charge in [-0.3, -0.25) is 4.79 Å². The number of anilines is 2. The number of hydrogen-bond donors (Lipinski definition) is 2. The summed E-state index contributed by atoms with van der Waals surface area (Å²) in [5.41, 5.74) is 7.23.